The lowest BCUT2D eigenvalue weighted by Gasteiger charge is -2.43. The van der Waals surface area contributed by atoms with Crippen molar-refractivity contribution in [3.63, 3.8) is 0 Å². The maximum Gasteiger partial charge on any atom is 0.224 e. The van der Waals surface area contributed by atoms with E-state index < -0.39 is 0 Å². The van der Waals surface area contributed by atoms with Gasteiger partial charge in [0.05, 0.1) is 18.1 Å². The summed E-state index contributed by atoms with van der Waals surface area (Å²) in [6, 6.07) is 0.941. The Balaban J connectivity index is 0.00000208. The molecule has 3 rings (SSSR count). The number of hydrogen-bond donors (Lipinski definition) is 2. The number of ether oxygens (including phenoxy) is 1. The van der Waals surface area contributed by atoms with Gasteiger partial charge in [-0.15, -0.1) is 12.4 Å². The van der Waals surface area contributed by atoms with Crippen LogP contribution in [-0.2, 0) is 9.53 Å². The zero-order valence-corrected chi connectivity index (χ0v) is 15.9. The number of carbonyl (C=O) groups is 1. The molecule has 4 unspecified atom stereocenters. The topological polar surface area (TPSA) is 53.6 Å². The third-order valence-corrected chi connectivity index (χ3v) is 5.66. The molecular formula is C18H34ClN3O2. The van der Waals surface area contributed by atoms with Crippen LogP contribution in [0.5, 0.6) is 0 Å². The number of nitrogens with one attached hydrogen (secondary N) is 2. The van der Waals surface area contributed by atoms with Crippen LogP contribution in [0, 0.1) is 5.92 Å². The Morgan fingerprint density at radius 2 is 1.92 bits per heavy atom. The number of piperidine rings is 2. The van der Waals surface area contributed by atoms with Crippen LogP contribution in [0.15, 0.2) is 0 Å². The zero-order chi connectivity index (χ0) is 16.2. The monoisotopic (exact) mass is 359 g/mol. The van der Waals surface area contributed by atoms with Gasteiger partial charge < -0.3 is 15.4 Å². The van der Waals surface area contributed by atoms with Gasteiger partial charge in [0.1, 0.15) is 0 Å². The summed E-state index contributed by atoms with van der Waals surface area (Å²) in [5.41, 5.74) is 0. The first-order valence-corrected chi connectivity index (χ1v) is 9.52. The lowest BCUT2D eigenvalue weighted by atomic mass is 9.94. The van der Waals surface area contributed by atoms with Crippen LogP contribution >= 0.6 is 12.4 Å². The van der Waals surface area contributed by atoms with Crippen molar-refractivity contribution in [2.75, 3.05) is 26.2 Å². The Morgan fingerprint density at radius 3 is 2.58 bits per heavy atom. The molecule has 0 radical (unpaired) electrons. The van der Waals surface area contributed by atoms with E-state index >= 15 is 0 Å². The summed E-state index contributed by atoms with van der Waals surface area (Å²) in [4.78, 5) is 15.1. The zero-order valence-electron chi connectivity index (χ0n) is 15.1. The fourth-order valence-electron chi connectivity index (χ4n) is 4.52. The third-order valence-electron chi connectivity index (χ3n) is 5.66. The highest BCUT2D eigenvalue weighted by molar-refractivity contribution is 5.85. The molecule has 0 spiro atoms. The predicted octanol–water partition coefficient (Wildman–Crippen LogP) is 1.94. The number of likely N-dealkylation sites (tertiary alicyclic amines) is 1. The van der Waals surface area contributed by atoms with Crippen molar-refractivity contribution < 1.29 is 9.53 Å². The van der Waals surface area contributed by atoms with E-state index in [-0.39, 0.29) is 24.2 Å². The van der Waals surface area contributed by atoms with Gasteiger partial charge in [0.15, 0.2) is 0 Å². The molecule has 0 bridgehead atoms. The minimum Gasteiger partial charge on any atom is -0.375 e. The number of halogens is 1. The number of nitrogens with zero attached hydrogens (tertiary/aromatic N) is 1. The Hall–Kier alpha value is -0.360. The molecule has 2 N–H and O–H groups in total. The van der Waals surface area contributed by atoms with Gasteiger partial charge in [-0.1, -0.05) is 0 Å². The van der Waals surface area contributed by atoms with Gasteiger partial charge in [-0.05, 0) is 65.5 Å². The quantitative estimate of drug-likeness (QED) is 0.808. The van der Waals surface area contributed by atoms with Crippen molar-refractivity contribution in [3.8, 4) is 0 Å². The van der Waals surface area contributed by atoms with Gasteiger partial charge in [0.25, 0.3) is 0 Å². The normalized spacial score (nSPS) is 38.2. The molecule has 0 saturated carbocycles. The van der Waals surface area contributed by atoms with Crippen LogP contribution in [0.3, 0.4) is 0 Å². The van der Waals surface area contributed by atoms with E-state index in [9.17, 15) is 4.79 Å². The molecule has 3 fully saturated rings. The second-order valence-corrected chi connectivity index (χ2v) is 7.77. The molecule has 0 aliphatic carbocycles. The van der Waals surface area contributed by atoms with Crippen molar-refractivity contribution in [1.29, 1.82) is 0 Å². The van der Waals surface area contributed by atoms with E-state index in [0.717, 1.165) is 51.7 Å². The first-order chi connectivity index (χ1) is 11.1. The molecule has 3 saturated heterocycles. The van der Waals surface area contributed by atoms with E-state index in [1.165, 1.54) is 13.0 Å². The van der Waals surface area contributed by atoms with Gasteiger partial charge in [-0.3, -0.25) is 9.69 Å². The third kappa shape index (κ3) is 5.32. The van der Waals surface area contributed by atoms with Gasteiger partial charge in [-0.2, -0.15) is 0 Å². The van der Waals surface area contributed by atoms with Crippen LogP contribution in [0.1, 0.15) is 52.4 Å². The highest BCUT2D eigenvalue weighted by Crippen LogP contribution is 2.26. The molecule has 3 heterocycles. The molecule has 140 valence electrons. The molecule has 4 atom stereocenters. The fraction of sp³-hybridized carbons (Fsp3) is 0.944. The molecule has 6 heteroatoms. The van der Waals surface area contributed by atoms with Crippen LogP contribution in [0.2, 0.25) is 0 Å². The molecule has 1 amide bonds. The first-order valence-electron chi connectivity index (χ1n) is 9.52. The Bertz CT molecular complexity index is 394. The number of amides is 1. The van der Waals surface area contributed by atoms with Crippen LogP contribution in [0.4, 0.5) is 0 Å². The molecule has 24 heavy (non-hydrogen) atoms. The molecular weight excluding hydrogens is 326 g/mol. The SMILES string of the molecule is CC1CC(N2CCCC(NC(=O)C3CCCNC3)C2)CC(C)O1.Cl. The molecule has 3 aliphatic heterocycles. The minimum absolute atomic E-state index is 0. The standard InChI is InChI=1S/C18H33N3O2.ClH/c1-13-9-17(10-14(2)23-13)21-8-4-6-16(12-21)20-18(22)15-5-3-7-19-11-15;/h13-17,19H,3-12H2,1-2H3,(H,20,22);1H. The molecule has 0 aromatic heterocycles. The minimum atomic E-state index is 0. The van der Waals surface area contributed by atoms with E-state index in [4.69, 9.17) is 4.74 Å². The maximum atomic E-state index is 12.5. The molecule has 3 aliphatic rings. The van der Waals surface area contributed by atoms with E-state index in [0.29, 0.717) is 24.3 Å². The summed E-state index contributed by atoms with van der Waals surface area (Å²) in [7, 11) is 0. The Kier molecular flexibility index (Phi) is 7.79. The fourth-order valence-corrected chi connectivity index (χ4v) is 4.52. The number of carbonyl (C=O) groups excluding carboxylic acids is 1. The van der Waals surface area contributed by atoms with Crippen molar-refractivity contribution in [3.05, 3.63) is 0 Å². The van der Waals surface area contributed by atoms with Crippen molar-refractivity contribution in [1.82, 2.24) is 15.5 Å². The number of rotatable bonds is 3. The van der Waals surface area contributed by atoms with E-state index in [2.05, 4.69) is 29.4 Å². The molecule has 0 aromatic rings. The second kappa shape index (κ2) is 9.37. The lowest BCUT2D eigenvalue weighted by Crippen LogP contribution is -2.54. The first kappa shape index (κ1) is 20.0. The van der Waals surface area contributed by atoms with Crippen LogP contribution in [-0.4, -0.2) is 61.3 Å². The summed E-state index contributed by atoms with van der Waals surface area (Å²) in [5, 5.41) is 6.67. The molecule has 5 nitrogen and oxygen atoms in total. The van der Waals surface area contributed by atoms with Crippen molar-refractivity contribution in [2.45, 2.75) is 76.7 Å². The van der Waals surface area contributed by atoms with Crippen molar-refractivity contribution in [2.24, 2.45) is 5.92 Å². The van der Waals surface area contributed by atoms with E-state index in [1.807, 2.05) is 0 Å². The second-order valence-electron chi connectivity index (χ2n) is 7.77. The van der Waals surface area contributed by atoms with Gasteiger partial charge in [0.2, 0.25) is 5.91 Å². The summed E-state index contributed by atoms with van der Waals surface area (Å²) in [6.07, 6.45) is 7.41. The maximum absolute atomic E-state index is 12.5. The summed E-state index contributed by atoms with van der Waals surface area (Å²) >= 11 is 0. The Labute approximate surface area is 152 Å². The van der Waals surface area contributed by atoms with E-state index in [1.54, 1.807) is 0 Å². The average molecular weight is 360 g/mol. The summed E-state index contributed by atoms with van der Waals surface area (Å²) < 4.78 is 5.87. The number of hydrogen-bond acceptors (Lipinski definition) is 4. The lowest BCUT2D eigenvalue weighted by molar-refractivity contribution is -0.127. The smallest absolute Gasteiger partial charge is 0.224 e. The Morgan fingerprint density at radius 1 is 1.17 bits per heavy atom. The van der Waals surface area contributed by atoms with Crippen molar-refractivity contribution >= 4 is 18.3 Å². The average Bonchev–Trinajstić information content (AvgIpc) is 2.55. The summed E-state index contributed by atoms with van der Waals surface area (Å²) in [6.45, 7) is 8.44. The highest BCUT2D eigenvalue weighted by atomic mass is 35.5. The van der Waals surface area contributed by atoms with Crippen LogP contribution < -0.4 is 10.6 Å². The van der Waals surface area contributed by atoms with Crippen LogP contribution in [0.25, 0.3) is 0 Å². The van der Waals surface area contributed by atoms with Gasteiger partial charge in [-0.25, -0.2) is 0 Å². The largest absolute Gasteiger partial charge is 0.375 e. The highest BCUT2D eigenvalue weighted by Gasteiger charge is 2.33. The van der Waals surface area contributed by atoms with Gasteiger partial charge >= 0.3 is 0 Å². The predicted molar refractivity (Wildman–Crippen MR) is 98.6 cm³/mol. The molecule has 0 aromatic carbocycles. The summed E-state index contributed by atoms with van der Waals surface area (Å²) in [5.74, 6) is 0.431. The van der Waals surface area contributed by atoms with Gasteiger partial charge in [0, 0.05) is 25.2 Å².